The van der Waals surface area contributed by atoms with Gasteiger partial charge >= 0.3 is 0 Å². The van der Waals surface area contributed by atoms with Gasteiger partial charge in [-0.1, -0.05) is 0 Å². The number of amides is 2. The average molecular weight is 339 g/mol. The largest absolute Gasteiger partial charge is 0.479 e. The molecule has 0 fully saturated rings. The van der Waals surface area contributed by atoms with Gasteiger partial charge in [-0.2, -0.15) is 0 Å². The Morgan fingerprint density at radius 1 is 1.29 bits per heavy atom. The molecule has 3 aromatic rings. The standard InChI is InChI=1S/C17H13N3O3S/c1-9-16(21)20-13-7-11(3-5-14(13)23-9)19-17(22)10-2-4-12-15(6-10)24-8-18-12/h2-9H,1H3,(H,19,22)(H,20,21). The van der Waals surface area contributed by atoms with Crippen LogP contribution >= 0.6 is 11.3 Å². The van der Waals surface area contributed by atoms with E-state index in [1.54, 1.807) is 36.7 Å². The van der Waals surface area contributed by atoms with Gasteiger partial charge in [0, 0.05) is 11.3 Å². The van der Waals surface area contributed by atoms with Crippen molar-refractivity contribution in [3.05, 3.63) is 47.5 Å². The summed E-state index contributed by atoms with van der Waals surface area (Å²) in [6.07, 6.45) is -0.524. The number of carbonyl (C=O) groups excluding carboxylic acids is 2. The maximum absolute atomic E-state index is 12.4. The number of thiazole rings is 1. The first-order valence-corrected chi connectivity index (χ1v) is 8.24. The summed E-state index contributed by atoms with van der Waals surface area (Å²) in [5.41, 5.74) is 4.31. The number of hydrogen-bond acceptors (Lipinski definition) is 5. The molecule has 0 bridgehead atoms. The second-order valence-electron chi connectivity index (χ2n) is 5.45. The van der Waals surface area contributed by atoms with Crippen LogP contribution in [0.25, 0.3) is 10.2 Å². The fraction of sp³-hybridized carbons (Fsp3) is 0.118. The summed E-state index contributed by atoms with van der Waals surface area (Å²) in [4.78, 5) is 28.3. The van der Waals surface area contributed by atoms with E-state index in [4.69, 9.17) is 4.74 Å². The summed E-state index contributed by atoms with van der Waals surface area (Å²) in [5.74, 6) is 0.162. The molecule has 2 N–H and O–H groups in total. The molecule has 1 atom stereocenters. The van der Waals surface area contributed by atoms with Gasteiger partial charge < -0.3 is 15.4 Å². The normalized spacial score (nSPS) is 16.2. The molecule has 0 spiro atoms. The van der Waals surface area contributed by atoms with Gasteiger partial charge in [-0.05, 0) is 43.3 Å². The van der Waals surface area contributed by atoms with Crippen LogP contribution < -0.4 is 15.4 Å². The Kier molecular flexibility index (Phi) is 3.42. The van der Waals surface area contributed by atoms with Crippen molar-refractivity contribution >= 4 is 44.7 Å². The van der Waals surface area contributed by atoms with Gasteiger partial charge in [0.15, 0.2) is 6.10 Å². The molecule has 0 radical (unpaired) electrons. The van der Waals surface area contributed by atoms with E-state index >= 15 is 0 Å². The Morgan fingerprint density at radius 2 is 2.17 bits per heavy atom. The molecule has 2 aromatic carbocycles. The van der Waals surface area contributed by atoms with Crippen molar-refractivity contribution < 1.29 is 14.3 Å². The van der Waals surface area contributed by atoms with Crippen molar-refractivity contribution in [1.82, 2.24) is 4.98 Å². The molecule has 0 aliphatic carbocycles. The quantitative estimate of drug-likeness (QED) is 0.751. The number of nitrogens with one attached hydrogen (secondary N) is 2. The van der Waals surface area contributed by atoms with Crippen LogP contribution in [-0.2, 0) is 4.79 Å². The molecule has 2 amide bonds. The number of aromatic nitrogens is 1. The molecule has 7 heteroatoms. The SMILES string of the molecule is CC1Oc2ccc(NC(=O)c3ccc4ncsc4c3)cc2NC1=O. The third-order valence-corrected chi connectivity index (χ3v) is 4.55. The Balaban J connectivity index is 1.57. The Morgan fingerprint density at radius 3 is 3.04 bits per heavy atom. The summed E-state index contributed by atoms with van der Waals surface area (Å²) >= 11 is 1.49. The first-order valence-electron chi connectivity index (χ1n) is 7.36. The number of nitrogens with zero attached hydrogens (tertiary/aromatic N) is 1. The number of anilines is 2. The second kappa shape index (κ2) is 5.61. The van der Waals surface area contributed by atoms with Crippen LogP contribution in [0.4, 0.5) is 11.4 Å². The minimum atomic E-state index is -0.524. The average Bonchev–Trinajstić information content (AvgIpc) is 3.03. The number of benzene rings is 2. The second-order valence-corrected chi connectivity index (χ2v) is 6.34. The summed E-state index contributed by atoms with van der Waals surface area (Å²) in [7, 11) is 0. The predicted octanol–water partition coefficient (Wildman–Crippen LogP) is 3.27. The lowest BCUT2D eigenvalue weighted by Crippen LogP contribution is -2.34. The Labute approximate surface area is 141 Å². The van der Waals surface area contributed by atoms with Crippen LogP contribution in [0.15, 0.2) is 41.9 Å². The lowest BCUT2D eigenvalue weighted by atomic mass is 10.1. The van der Waals surface area contributed by atoms with E-state index in [1.807, 2.05) is 12.1 Å². The van der Waals surface area contributed by atoms with Crippen molar-refractivity contribution in [3.63, 3.8) is 0 Å². The van der Waals surface area contributed by atoms with Crippen molar-refractivity contribution in [2.75, 3.05) is 10.6 Å². The van der Waals surface area contributed by atoms with E-state index in [-0.39, 0.29) is 11.8 Å². The lowest BCUT2D eigenvalue weighted by Gasteiger charge is -2.23. The minimum absolute atomic E-state index is 0.207. The van der Waals surface area contributed by atoms with Crippen LogP contribution in [-0.4, -0.2) is 22.9 Å². The molecule has 24 heavy (non-hydrogen) atoms. The smallest absolute Gasteiger partial charge is 0.265 e. The van der Waals surface area contributed by atoms with Crippen molar-refractivity contribution in [2.45, 2.75) is 13.0 Å². The molecule has 1 aliphatic rings. The first kappa shape index (κ1) is 14.6. The van der Waals surface area contributed by atoms with Crippen molar-refractivity contribution in [3.8, 4) is 5.75 Å². The summed E-state index contributed by atoms with van der Waals surface area (Å²) in [6.45, 7) is 1.68. The van der Waals surface area contributed by atoms with E-state index in [9.17, 15) is 9.59 Å². The fourth-order valence-electron chi connectivity index (χ4n) is 2.49. The maximum Gasteiger partial charge on any atom is 0.265 e. The van der Waals surface area contributed by atoms with Crippen LogP contribution in [0, 0.1) is 0 Å². The molecule has 2 heterocycles. The highest BCUT2D eigenvalue weighted by atomic mass is 32.1. The van der Waals surface area contributed by atoms with E-state index in [0.717, 1.165) is 10.2 Å². The van der Waals surface area contributed by atoms with Gasteiger partial charge in [0.2, 0.25) is 0 Å². The van der Waals surface area contributed by atoms with Crippen LogP contribution in [0.3, 0.4) is 0 Å². The fourth-order valence-corrected chi connectivity index (χ4v) is 3.20. The van der Waals surface area contributed by atoms with Crippen LogP contribution in [0.5, 0.6) is 5.75 Å². The minimum Gasteiger partial charge on any atom is -0.479 e. The molecule has 4 rings (SSSR count). The molecule has 1 unspecified atom stereocenters. The summed E-state index contributed by atoms with van der Waals surface area (Å²) in [6, 6.07) is 10.5. The highest BCUT2D eigenvalue weighted by Gasteiger charge is 2.23. The third kappa shape index (κ3) is 2.59. The van der Waals surface area contributed by atoms with Crippen LogP contribution in [0.1, 0.15) is 17.3 Å². The Bertz CT molecular complexity index is 967. The molecule has 0 saturated carbocycles. The molecular formula is C17H13N3O3S. The van der Waals surface area contributed by atoms with Gasteiger partial charge in [0.25, 0.3) is 11.8 Å². The number of fused-ring (bicyclic) bond motifs is 2. The zero-order valence-electron chi connectivity index (χ0n) is 12.7. The molecule has 6 nitrogen and oxygen atoms in total. The molecule has 1 aromatic heterocycles. The van der Waals surface area contributed by atoms with Gasteiger partial charge in [0.1, 0.15) is 5.75 Å². The Hall–Kier alpha value is -2.93. The number of carbonyl (C=O) groups is 2. The maximum atomic E-state index is 12.4. The highest BCUT2D eigenvalue weighted by Crippen LogP contribution is 2.32. The summed E-state index contributed by atoms with van der Waals surface area (Å²) < 4.78 is 6.46. The number of hydrogen-bond donors (Lipinski definition) is 2. The predicted molar refractivity (Wildman–Crippen MR) is 92.7 cm³/mol. The first-order chi connectivity index (χ1) is 11.6. The monoisotopic (exact) mass is 339 g/mol. The van der Waals surface area contributed by atoms with Gasteiger partial charge in [-0.15, -0.1) is 11.3 Å². The number of ether oxygens (including phenoxy) is 1. The van der Waals surface area contributed by atoms with E-state index in [2.05, 4.69) is 15.6 Å². The van der Waals surface area contributed by atoms with Gasteiger partial charge in [0.05, 0.1) is 21.4 Å². The third-order valence-electron chi connectivity index (χ3n) is 3.76. The zero-order chi connectivity index (χ0) is 16.7. The zero-order valence-corrected chi connectivity index (χ0v) is 13.5. The van der Waals surface area contributed by atoms with E-state index in [0.29, 0.717) is 22.7 Å². The van der Waals surface area contributed by atoms with Gasteiger partial charge in [-0.3, -0.25) is 9.59 Å². The topological polar surface area (TPSA) is 80.3 Å². The highest BCUT2D eigenvalue weighted by molar-refractivity contribution is 7.16. The van der Waals surface area contributed by atoms with Gasteiger partial charge in [-0.25, -0.2) is 4.98 Å². The van der Waals surface area contributed by atoms with Crippen molar-refractivity contribution in [2.24, 2.45) is 0 Å². The molecule has 1 aliphatic heterocycles. The lowest BCUT2D eigenvalue weighted by molar-refractivity contribution is -0.122. The van der Waals surface area contributed by atoms with E-state index < -0.39 is 6.10 Å². The summed E-state index contributed by atoms with van der Waals surface area (Å²) in [5, 5.41) is 5.59. The molecule has 0 saturated heterocycles. The molecule has 120 valence electrons. The van der Waals surface area contributed by atoms with Crippen molar-refractivity contribution in [1.29, 1.82) is 0 Å². The number of rotatable bonds is 2. The molecular weight excluding hydrogens is 326 g/mol. The van der Waals surface area contributed by atoms with Crippen LogP contribution in [0.2, 0.25) is 0 Å². The van der Waals surface area contributed by atoms with E-state index in [1.165, 1.54) is 11.3 Å².